The Balaban J connectivity index is 1.37. The molecular weight excluding hydrogens is 498 g/mol. The van der Waals surface area contributed by atoms with Crippen molar-refractivity contribution in [1.29, 1.82) is 0 Å². The number of rotatable bonds is 7. The van der Waals surface area contributed by atoms with Crippen molar-refractivity contribution in [2.45, 2.75) is 12.8 Å². The number of carbonyl (C=O) groups is 2. The molecule has 0 radical (unpaired) electrons. The Morgan fingerprint density at radius 1 is 0.947 bits per heavy atom. The molecule has 1 amide bonds. The summed E-state index contributed by atoms with van der Waals surface area (Å²) >= 11 is 6.21. The molecule has 5 rings (SSSR count). The number of carboxylic acids is 1. The van der Waals surface area contributed by atoms with Gasteiger partial charge in [-0.25, -0.2) is 4.79 Å². The van der Waals surface area contributed by atoms with E-state index in [-0.39, 0.29) is 5.91 Å². The standard InChI is InChI=1S/C31H30ClN3O3/c1-2-29(36)33-26-11-14-28-23(19-26)3-4-24(30(28)21-5-9-25(32)10-6-21)20-34-15-17-35(18-16-34)27-12-7-22(8-13-27)31(37)38/h2,5-14,19H,1,3-4,15-18,20H2,(H,33,36)(H,37,38). The van der Waals surface area contributed by atoms with E-state index in [2.05, 4.69) is 46.0 Å². The number of piperazine rings is 1. The molecule has 0 atom stereocenters. The second kappa shape index (κ2) is 11.3. The van der Waals surface area contributed by atoms with Gasteiger partial charge in [0.1, 0.15) is 0 Å². The van der Waals surface area contributed by atoms with E-state index >= 15 is 0 Å². The zero-order valence-electron chi connectivity index (χ0n) is 21.1. The van der Waals surface area contributed by atoms with Crippen LogP contribution in [0.5, 0.6) is 0 Å². The summed E-state index contributed by atoms with van der Waals surface area (Å²) in [7, 11) is 0. The van der Waals surface area contributed by atoms with Gasteiger partial charge in [-0.1, -0.05) is 36.4 Å². The third-order valence-electron chi connectivity index (χ3n) is 7.28. The molecule has 1 aliphatic heterocycles. The van der Waals surface area contributed by atoms with Gasteiger partial charge >= 0.3 is 5.97 Å². The summed E-state index contributed by atoms with van der Waals surface area (Å²) in [6.45, 7) is 8.06. The van der Waals surface area contributed by atoms with Crippen LogP contribution in [-0.4, -0.2) is 54.6 Å². The summed E-state index contributed by atoms with van der Waals surface area (Å²) in [5, 5.41) is 12.7. The third-order valence-corrected chi connectivity index (χ3v) is 7.53. The topological polar surface area (TPSA) is 72.9 Å². The summed E-state index contributed by atoms with van der Waals surface area (Å²) < 4.78 is 0. The molecule has 0 bridgehead atoms. The number of carboxylic acid groups (broad SMARTS) is 1. The van der Waals surface area contributed by atoms with E-state index in [0.717, 1.165) is 62.5 Å². The lowest BCUT2D eigenvalue weighted by Crippen LogP contribution is -2.47. The molecule has 3 aromatic rings. The van der Waals surface area contributed by atoms with Gasteiger partial charge in [-0.2, -0.15) is 0 Å². The van der Waals surface area contributed by atoms with E-state index in [4.69, 9.17) is 16.7 Å². The molecule has 38 heavy (non-hydrogen) atoms. The maximum absolute atomic E-state index is 11.8. The lowest BCUT2D eigenvalue weighted by Gasteiger charge is -2.37. The van der Waals surface area contributed by atoms with E-state index in [1.165, 1.54) is 28.3 Å². The Labute approximate surface area is 227 Å². The van der Waals surface area contributed by atoms with Crippen molar-refractivity contribution in [3.8, 4) is 0 Å². The molecule has 194 valence electrons. The molecule has 7 heteroatoms. The largest absolute Gasteiger partial charge is 0.478 e. The summed E-state index contributed by atoms with van der Waals surface area (Å²) in [5.41, 5.74) is 8.35. The maximum atomic E-state index is 11.8. The van der Waals surface area contributed by atoms with Crippen molar-refractivity contribution in [2.24, 2.45) is 0 Å². The lowest BCUT2D eigenvalue weighted by molar-refractivity contribution is -0.111. The van der Waals surface area contributed by atoms with E-state index in [1.807, 2.05) is 30.3 Å². The first-order valence-corrected chi connectivity index (χ1v) is 13.1. The molecule has 1 heterocycles. The number of nitrogens with one attached hydrogen (secondary N) is 1. The number of fused-ring (bicyclic) bond motifs is 1. The number of benzene rings is 3. The molecule has 0 spiro atoms. The van der Waals surface area contributed by atoms with Crippen LogP contribution in [-0.2, 0) is 11.2 Å². The van der Waals surface area contributed by atoms with Gasteiger partial charge in [0.15, 0.2) is 0 Å². The number of anilines is 2. The number of hydrogen-bond donors (Lipinski definition) is 2. The lowest BCUT2D eigenvalue weighted by atomic mass is 9.81. The fraction of sp³-hybridized carbons (Fsp3) is 0.226. The molecule has 0 unspecified atom stereocenters. The van der Waals surface area contributed by atoms with E-state index in [1.54, 1.807) is 12.1 Å². The second-order valence-corrected chi connectivity index (χ2v) is 10.1. The van der Waals surface area contributed by atoms with Crippen LogP contribution >= 0.6 is 11.6 Å². The predicted octanol–water partition coefficient (Wildman–Crippen LogP) is 5.73. The number of carbonyl (C=O) groups excluding carboxylic acids is 1. The number of amides is 1. The zero-order valence-corrected chi connectivity index (χ0v) is 21.9. The second-order valence-electron chi connectivity index (χ2n) is 9.67. The molecule has 2 aliphatic rings. The summed E-state index contributed by atoms with van der Waals surface area (Å²) in [6.07, 6.45) is 3.14. The highest BCUT2D eigenvalue weighted by Crippen LogP contribution is 2.38. The maximum Gasteiger partial charge on any atom is 0.335 e. The minimum Gasteiger partial charge on any atom is -0.478 e. The smallest absolute Gasteiger partial charge is 0.335 e. The predicted molar refractivity (Wildman–Crippen MR) is 153 cm³/mol. The highest BCUT2D eigenvalue weighted by molar-refractivity contribution is 6.30. The number of nitrogens with zero attached hydrogens (tertiary/aromatic N) is 2. The van der Waals surface area contributed by atoms with Crippen LogP contribution in [0, 0.1) is 0 Å². The van der Waals surface area contributed by atoms with Gasteiger partial charge < -0.3 is 15.3 Å². The van der Waals surface area contributed by atoms with Crippen LogP contribution in [0.2, 0.25) is 5.02 Å². The number of hydrogen-bond acceptors (Lipinski definition) is 4. The van der Waals surface area contributed by atoms with Gasteiger partial charge in [-0.15, -0.1) is 0 Å². The highest BCUT2D eigenvalue weighted by Gasteiger charge is 2.24. The fourth-order valence-corrected chi connectivity index (χ4v) is 5.43. The van der Waals surface area contributed by atoms with Crippen molar-refractivity contribution in [3.05, 3.63) is 112 Å². The number of halogens is 1. The molecule has 1 saturated heterocycles. The van der Waals surface area contributed by atoms with Crippen molar-refractivity contribution in [3.63, 3.8) is 0 Å². The van der Waals surface area contributed by atoms with Crippen molar-refractivity contribution >= 4 is 40.4 Å². The molecule has 6 nitrogen and oxygen atoms in total. The van der Waals surface area contributed by atoms with Gasteiger partial charge in [0.05, 0.1) is 5.56 Å². The van der Waals surface area contributed by atoms with Gasteiger partial charge in [0.2, 0.25) is 5.91 Å². The van der Waals surface area contributed by atoms with Crippen molar-refractivity contribution in [1.82, 2.24) is 4.90 Å². The Kier molecular flexibility index (Phi) is 7.63. The van der Waals surface area contributed by atoms with E-state index in [0.29, 0.717) is 10.6 Å². The van der Waals surface area contributed by atoms with Crippen molar-refractivity contribution in [2.75, 3.05) is 42.9 Å². The van der Waals surface area contributed by atoms with Gasteiger partial charge in [-0.05, 0) is 95.3 Å². The SMILES string of the molecule is C=CC(=O)Nc1ccc2c(c1)CCC(CN1CCN(c3ccc(C(=O)O)cc3)CC1)=C2c1ccc(Cl)cc1. The molecule has 1 aliphatic carbocycles. The van der Waals surface area contributed by atoms with Gasteiger partial charge in [0, 0.05) is 49.1 Å². The molecule has 0 aromatic heterocycles. The van der Waals surface area contributed by atoms with Crippen LogP contribution in [0.25, 0.3) is 5.57 Å². The minimum atomic E-state index is -0.905. The van der Waals surface area contributed by atoms with E-state index < -0.39 is 5.97 Å². The molecule has 1 fully saturated rings. The van der Waals surface area contributed by atoms with Crippen molar-refractivity contribution < 1.29 is 14.7 Å². The highest BCUT2D eigenvalue weighted by atomic mass is 35.5. The Morgan fingerprint density at radius 3 is 2.32 bits per heavy atom. The minimum absolute atomic E-state index is 0.216. The summed E-state index contributed by atoms with van der Waals surface area (Å²) in [4.78, 5) is 27.8. The average molecular weight is 528 g/mol. The van der Waals surface area contributed by atoms with Crippen LogP contribution in [0.1, 0.15) is 33.5 Å². The van der Waals surface area contributed by atoms with Crippen LogP contribution < -0.4 is 10.2 Å². The van der Waals surface area contributed by atoms with Crippen LogP contribution in [0.4, 0.5) is 11.4 Å². The van der Waals surface area contributed by atoms with Gasteiger partial charge in [-0.3, -0.25) is 9.69 Å². The zero-order chi connectivity index (χ0) is 26.6. The Hall–Kier alpha value is -3.87. The Morgan fingerprint density at radius 2 is 1.66 bits per heavy atom. The first kappa shape index (κ1) is 25.8. The molecular formula is C31H30ClN3O3. The number of aromatic carboxylic acids is 1. The quantitative estimate of drug-likeness (QED) is 0.384. The molecule has 3 aromatic carbocycles. The average Bonchev–Trinajstić information content (AvgIpc) is 2.94. The molecule has 2 N–H and O–H groups in total. The molecule has 0 saturated carbocycles. The summed E-state index contributed by atoms with van der Waals surface area (Å²) in [6, 6.07) is 21.3. The van der Waals surface area contributed by atoms with Crippen LogP contribution in [0.3, 0.4) is 0 Å². The van der Waals surface area contributed by atoms with Gasteiger partial charge in [0.25, 0.3) is 0 Å². The monoisotopic (exact) mass is 527 g/mol. The van der Waals surface area contributed by atoms with Crippen LogP contribution in [0.15, 0.2) is 85.0 Å². The number of aryl methyl sites for hydroxylation is 1. The first-order valence-electron chi connectivity index (χ1n) is 12.8. The normalized spacial score (nSPS) is 15.7. The Bertz CT molecular complexity index is 1390. The fourth-order valence-electron chi connectivity index (χ4n) is 5.30. The van der Waals surface area contributed by atoms with E-state index in [9.17, 15) is 9.59 Å². The third kappa shape index (κ3) is 5.67. The first-order chi connectivity index (χ1) is 18.4. The summed E-state index contributed by atoms with van der Waals surface area (Å²) in [5.74, 6) is -1.12.